The number of nitrogens with one attached hydrogen (secondary N) is 1. The highest BCUT2D eigenvalue weighted by atomic mass is 16.5. The quantitative estimate of drug-likeness (QED) is 0.208. The van der Waals surface area contributed by atoms with Gasteiger partial charge in [0.25, 0.3) is 5.91 Å². The molecule has 3 N–H and O–H groups in total. The summed E-state index contributed by atoms with van der Waals surface area (Å²) in [5, 5.41) is 4.08. The van der Waals surface area contributed by atoms with Crippen LogP contribution in [0.4, 0.5) is 4.79 Å². The Hall–Kier alpha value is -4.90. The molecule has 2 bridgehead atoms. The zero-order valence-corrected chi connectivity index (χ0v) is 27.6. The number of rotatable bonds is 9. The van der Waals surface area contributed by atoms with Gasteiger partial charge in [-0.1, -0.05) is 30.3 Å². The number of aryl methyl sites for hydroxylation is 1. The van der Waals surface area contributed by atoms with Crippen LogP contribution in [0.1, 0.15) is 72.4 Å². The smallest absolute Gasteiger partial charge is 0.407 e. The number of amides is 2. The Bertz CT molecular complexity index is 2030. The second-order valence-corrected chi connectivity index (χ2v) is 13.6. The third-order valence-electron chi connectivity index (χ3n) is 10.3. The maximum Gasteiger partial charge on any atom is 0.407 e. The number of fused-ring (bicyclic) bond motifs is 4. The molecule has 5 aromatic rings. The number of aromatic nitrogens is 4. The molecule has 3 fully saturated rings. The van der Waals surface area contributed by atoms with Gasteiger partial charge in [-0.2, -0.15) is 0 Å². The van der Waals surface area contributed by atoms with Crippen LogP contribution in [-0.2, 0) is 17.9 Å². The van der Waals surface area contributed by atoms with E-state index in [9.17, 15) is 9.59 Å². The molecule has 11 nitrogen and oxygen atoms in total. The minimum atomic E-state index is -0.463. The van der Waals surface area contributed by atoms with Crippen LogP contribution in [-0.4, -0.2) is 61.1 Å². The van der Waals surface area contributed by atoms with Crippen molar-refractivity contribution < 1.29 is 19.1 Å². The van der Waals surface area contributed by atoms with Crippen molar-refractivity contribution in [3.63, 3.8) is 0 Å². The third kappa shape index (κ3) is 5.35. The molecule has 8 rings (SSSR count). The molecule has 1 saturated carbocycles. The standard InChI is InChI=1S/C37H41N7O4/c1-21(38)28-13-11-25-15-31(42(35(25)39-28)19-23-9-10-23)34-22(2)43-32(41-34)16-26(17-33(43)47-3)36(45)44-27-12-14-30(44)29(18-27)40-37(46)48-20-24-7-5-4-6-8-24/h4-8,11,13,15-17,21,23,27,29-30H,9-10,12,14,18-20,38H2,1-3H3,(H,40,46)/t21-,27+,29-,30-/m1/s1. The Balaban J connectivity index is 1.08. The van der Waals surface area contributed by atoms with Crippen LogP contribution in [0, 0.1) is 12.8 Å². The van der Waals surface area contributed by atoms with E-state index in [0.717, 1.165) is 58.8 Å². The number of nitrogens with zero attached hydrogens (tertiary/aromatic N) is 5. The number of imidazole rings is 1. The number of carbonyl (C=O) groups is 2. The van der Waals surface area contributed by atoms with E-state index < -0.39 is 6.09 Å². The van der Waals surface area contributed by atoms with Crippen LogP contribution in [0.3, 0.4) is 0 Å². The number of pyridine rings is 2. The highest BCUT2D eigenvalue weighted by Gasteiger charge is 2.49. The van der Waals surface area contributed by atoms with Crippen molar-refractivity contribution in [3.8, 4) is 17.3 Å². The molecule has 2 saturated heterocycles. The summed E-state index contributed by atoms with van der Waals surface area (Å²) in [6.45, 7) is 5.06. The number of nitrogens with two attached hydrogens (primary N) is 1. The normalized spacial score (nSPS) is 20.8. The van der Waals surface area contributed by atoms with Gasteiger partial charge in [-0.25, -0.2) is 14.8 Å². The van der Waals surface area contributed by atoms with Crippen molar-refractivity contribution >= 4 is 28.7 Å². The van der Waals surface area contributed by atoms with Gasteiger partial charge in [0, 0.05) is 35.6 Å². The number of benzene rings is 1. The summed E-state index contributed by atoms with van der Waals surface area (Å²) in [7, 11) is 1.62. The molecular weight excluding hydrogens is 606 g/mol. The summed E-state index contributed by atoms with van der Waals surface area (Å²) in [4.78, 5) is 38.9. The van der Waals surface area contributed by atoms with Crippen LogP contribution in [0.2, 0.25) is 0 Å². The van der Waals surface area contributed by atoms with Crippen LogP contribution >= 0.6 is 0 Å². The lowest BCUT2D eigenvalue weighted by Gasteiger charge is -2.25. The molecule has 0 spiro atoms. The van der Waals surface area contributed by atoms with Gasteiger partial charge in [-0.05, 0) is 81.7 Å². The van der Waals surface area contributed by atoms with Gasteiger partial charge in [0.05, 0.1) is 36.3 Å². The molecule has 2 aliphatic heterocycles. The summed E-state index contributed by atoms with van der Waals surface area (Å²) in [5.74, 6) is 1.08. The summed E-state index contributed by atoms with van der Waals surface area (Å²) in [6.07, 6.45) is 4.39. The fourth-order valence-electron chi connectivity index (χ4n) is 7.65. The van der Waals surface area contributed by atoms with Gasteiger partial charge < -0.3 is 30.0 Å². The summed E-state index contributed by atoms with van der Waals surface area (Å²) in [5.41, 5.74) is 12.8. The number of alkyl carbamates (subject to hydrolysis) is 1. The van der Waals surface area contributed by atoms with E-state index in [1.807, 2.05) is 65.6 Å². The van der Waals surface area contributed by atoms with Gasteiger partial charge in [0.15, 0.2) is 5.88 Å². The van der Waals surface area contributed by atoms with Gasteiger partial charge in [0.1, 0.15) is 23.6 Å². The molecule has 0 radical (unpaired) electrons. The molecule has 6 heterocycles. The molecule has 1 aliphatic carbocycles. The molecule has 3 aliphatic rings. The Morgan fingerprint density at radius 1 is 1.04 bits per heavy atom. The second-order valence-electron chi connectivity index (χ2n) is 13.6. The largest absolute Gasteiger partial charge is 0.482 e. The monoisotopic (exact) mass is 647 g/mol. The highest BCUT2D eigenvalue weighted by Crippen LogP contribution is 2.40. The highest BCUT2D eigenvalue weighted by molar-refractivity contribution is 5.97. The first-order chi connectivity index (χ1) is 23.3. The van der Waals surface area contributed by atoms with Crippen LogP contribution in [0.25, 0.3) is 28.1 Å². The van der Waals surface area contributed by atoms with Gasteiger partial charge in [0.2, 0.25) is 0 Å². The van der Waals surface area contributed by atoms with Gasteiger partial charge in [-0.15, -0.1) is 0 Å². The Morgan fingerprint density at radius 2 is 1.85 bits per heavy atom. The molecule has 1 aromatic carbocycles. The predicted octanol–water partition coefficient (Wildman–Crippen LogP) is 5.77. The minimum Gasteiger partial charge on any atom is -0.482 e. The van der Waals surface area contributed by atoms with Crippen molar-refractivity contribution in [2.24, 2.45) is 11.7 Å². The van der Waals surface area contributed by atoms with E-state index in [4.69, 9.17) is 25.2 Å². The fourth-order valence-corrected chi connectivity index (χ4v) is 7.65. The lowest BCUT2D eigenvalue weighted by atomic mass is 9.96. The lowest BCUT2D eigenvalue weighted by Crippen LogP contribution is -2.45. The number of carbonyl (C=O) groups excluding carboxylic acids is 2. The number of ether oxygens (including phenoxy) is 2. The van der Waals surface area contributed by atoms with Crippen molar-refractivity contribution in [1.29, 1.82) is 0 Å². The Labute approximate surface area is 279 Å². The topological polar surface area (TPSA) is 129 Å². The molecule has 2 amide bonds. The van der Waals surface area contributed by atoms with Gasteiger partial charge in [-0.3, -0.25) is 9.20 Å². The zero-order chi connectivity index (χ0) is 33.1. The predicted molar refractivity (Wildman–Crippen MR) is 182 cm³/mol. The summed E-state index contributed by atoms with van der Waals surface area (Å²) >= 11 is 0. The van der Waals surface area contributed by atoms with E-state index in [0.29, 0.717) is 29.4 Å². The average Bonchev–Trinajstić information content (AvgIpc) is 3.40. The molecule has 4 aromatic heterocycles. The minimum absolute atomic E-state index is 0.0490. The Kier molecular flexibility index (Phi) is 7.59. The summed E-state index contributed by atoms with van der Waals surface area (Å²) in [6, 6.07) is 19.1. The van der Waals surface area contributed by atoms with Gasteiger partial charge >= 0.3 is 6.09 Å². The first-order valence-electron chi connectivity index (χ1n) is 16.9. The second kappa shape index (κ2) is 12.0. The Morgan fingerprint density at radius 3 is 2.60 bits per heavy atom. The van der Waals surface area contributed by atoms with E-state index >= 15 is 0 Å². The zero-order valence-electron chi connectivity index (χ0n) is 27.6. The van der Waals surface area contributed by atoms with Crippen molar-refractivity contribution in [1.82, 2.24) is 29.2 Å². The lowest BCUT2D eigenvalue weighted by molar-refractivity contribution is 0.0719. The van der Waals surface area contributed by atoms with E-state index in [1.54, 1.807) is 13.2 Å². The first kappa shape index (κ1) is 30.4. The maximum atomic E-state index is 14.2. The average molecular weight is 648 g/mol. The SMILES string of the molecule is COc1cc(C(=O)N2[C@H]3CC[C@@H]2[C@H](NC(=O)OCc2ccccc2)C3)cc2nc(-c3cc4ccc([C@@H](C)N)nc4n3CC3CC3)c(C)n12. The van der Waals surface area contributed by atoms with E-state index in [-0.39, 0.29) is 36.7 Å². The fraction of sp³-hybridized carbons (Fsp3) is 0.405. The van der Waals surface area contributed by atoms with Crippen LogP contribution in [0.5, 0.6) is 5.88 Å². The molecular formula is C37H41N7O4. The molecule has 4 atom stereocenters. The van der Waals surface area contributed by atoms with Crippen molar-refractivity contribution in [3.05, 3.63) is 83.2 Å². The maximum absolute atomic E-state index is 14.2. The molecule has 248 valence electrons. The number of hydrogen-bond donors (Lipinski definition) is 2. The number of hydrogen-bond acceptors (Lipinski definition) is 7. The van der Waals surface area contributed by atoms with Crippen molar-refractivity contribution in [2.75, 3.05) is 7.11 Å². The van der Waals surface area contributed by atoms with E-state index in [2.05, 4.69) is 22.0 Å². The summed E-state index contributed by atoms with van der Waals surface area (Å²) < 4.78 is 15.6. The molecule has 11 heteroatoms. The molecule has 48 heavy (non-hydrogen) atoms. The first-order valence-corrected chi connectivity index (χ1v) is 16.9. The molecule has 0 unspecified atom stereocenters. The van der Waals surface area contributed by atoms with Crippen LogP contribution in [0.15, 0.2) is 60.7 Å². The van der Waals surface area contributed by atoms with E-state index in [1.165, 1.54) is 12.8 Å². The van der Waals surface area contributed by atoms with Crippen molar-refractivity contribution in [2.45, 2.75) is 83.3 Å². The third-order valence-corrected chi connectivity index (χ3v) is 10.3. The van der Waals surface area contributed by atoms with Crippen LogP contribution < -0.4 is 15.8 Å². The number of methoxy groups -OCH3 is 1.